The van der Waals surface area contributed by atoms with E-state index in [1.807, 2.05) is 24.3 Å². The molecule has 0 aliphatic rings. The molecule has 3 N–H and O–H groups in total. The molecule has 1 aromatic rings. The van der Waals surface area contributed by atoms with Crippen molar-refractivity contribution in [2.75, 3.05) is 19.8 Å². The maximum atomic E-state index is 11.7. The van der Waals surface area contributed by atoms with Gasteiger partial charge in [0.15, 0.2) is 9.85 Å². The quantitative estimate of drug-likeness (QED) is 0.356. The fraction of sp³-hybridized carbons (Fsp3) is 0.706. The molecule has 0 unspecified atom stereocenters. The molecule has 0 radical (unpaired) electrons. The largest absolute Gasteiger partial charge is 0.396 e. The smallest absolute Gasteiger partial charge is 0.189 e. The zero-order valence-corrected chi connectivity index (χ0v) is 19.0. The van der Waals surface area contributed by atoms with Gasteiger partial charge in [0.05, 0.1) is 0 Å². The normalized spacial score (nSPS) is 8.83. The van der Waals surface area contributed by atoms with Crippen LogP contribution < -0.4 is 5.19 Å². The zero-order valence-electron chi connectivity index (χ0n) is 15.1. The Morgan fingerprint density at radius 2 is 1.09 bits per heavy atom. The molecule has 6 heteroatoms. The van der Waals surface area contributed by atoms with Gasteiger partial charge in [-0.3, -0.25) is 0 Å². The van der Waals surface area contributed by atoms with E-state index in [1.165, 1.54) is 0 Å². The number of halogens is 1. The van der Waals surface area contributed by atoms with E-state index in [2.05, 4.69) is 20.8 Å². The first kappa shape index (κ1) is 31.1. The zero-order chi connectivity index (χ0) is 17.5. The predicted octanol–water partition coefficient (Wildman–Crippen LogP) is 2.42. The summed E-state index contributed by atoms with van der Waals surface area (Å²) in [7, 11) is -1.37. The fourth-order valence-electron chi connectivity index (χ4n) is 0.977. The second-order valence-electron chi connectivity index (χ2n) is 4.66. The summed E-state index contributed by atoms with van der Waals surface area (Å²) in [6, 6.07) is 7.38. The minimum atomic E-state index is -1.37. The van der Waals surface area contributed by atoms with E-state index in [9.17, 15) is 4.11 Å². The molecule has 0 saturated heterocycles. The second-order valence-corrected chi connectivity index (χ2v) is 5.74. The van der Waals surface area contributed by atoms with Crippen LogP contribution in [0.4, 0.5) is 4.11 Å². The second kappa shape index (κ2) is 33.8. The van der Waals surface area contributed by atoms with Crippen molar-refractivity contribution in [3.05, 3.63) is 24.3 Å². The Balaban J connectivity index is -0.000000105. The van der Waals surface area contributed by atoms with Crippen molar-refractivity contribution in [2.45, 2.75) is 59.3 Å². The number of hydrogen-bond donors (Lipinski definition) is 3. The molecule has 0 bridgehead atoms. The van der Waals surface area contributed by atoms with Crippen LogP contribution in [-0.4, -0.2) is 45.0 Å². The van der Waals surface area contributed by atoms with Crippen molar-refractivity contribution in [1.82, 2.24) is 0 Å². The van der Waals surface area contributed by atoms with Crippen LogP contribution in [0.15, 0.2) is 24.3 Å². The molecule has 1 aromatic carbocycles. The molecule has 1 rings (SSSR count). The summed E-state index contributed by atoms with van der Waals surface area (Å²) >= 11 is 0. The fourth-order valence-corrected chi connectivity index (χ4v) is 1.43. The van der Waals surface area contributed by atoms with E-state index in [-0.39, 0.29) is 26.2 Å². The molecule has 0 aliphatic heterocycles. The molecule has 0 heterocycles. The molecule has 0 saturated carbocycles. The molecular weight excluding hydrogens is 390 g/mol. The van der Waals surface area contributed by atoms with Crippen LogP contribution in [-0.2, 0) is 26.2 Å². The van der Waals surface area contributed by atoms with Gasteiger partial charge in [-0.1, -0.05) is 40.0 Å². The van der Waals surface area contributed by atoms with Crippen LogP contribution in [0.25, 0.3) is 0 Å². The summed E-state index contributed by atoms with van der Waals surface area (Å²) < 4.78 is 11.7. The minimum absolute atomic E-state index is 0. The molecule has 138 valence electrons. The molecule has 0 aliphatic carbocycles. The summed E-state index contributed by atoms with van der Waals surface area (Å²) in [4.78, 5) is 0. The molecule has 0 aromatic heterocycles. The van der Waals surface area contributed by atoms with E-state index in [0.29, 0.717) is 19.8 Å². The van der Waals surface area contributed by atoms with E-state index in [0.717, 1.165) is 43.7 Å². The van der Waals surface area contributed by atoms with Gasteiger partial charge in [0, 0.05) is 46.0 Å². The first-order chi connectivity index (χ1) is 10.7. The number of aliphatic hydroxyl groups excluding tert-OH is 3. The molecule has 0 fully saturated rings. The van der Waals surface area contributed by atoms with Gasteiger partial charge in [-0.2, -0.15) is 12.1 Å². The van der Waals surface area contributed by atoms with Gasteiger partial charge < -0.3 is 19.4 Å². The third-order valence-corrected chi connectivity index (χ3v) is 3.20. The van der Waals surface area contributed by atoms with E-state index in [1.54, 1.807) is 0 Å². The topological polar surface area (TPSA) is 60.7 Å². The van der Waals surface area contributed by atoms with Crippen molar-refractivity contribution in [1.29, 1.82) is 0 Å². The SMILES string of the molecule is CCCCO.CCCCO.CCCCO.F[SiH2][c-]1cccc1.[Zr]. The number of hydrogen-bond acceptors (Lipinski definition) is 3. The van der Waals surface area contributed by atoms with Gasteiger partial charge in [-0.25, -0.2) is 12.1 Å². The molecule has 0 atom stereocenters. The van der Waals surface area contributed by atoms with Crippen molar-refractivity contribution >= 4 is 15.0 Å². The van der Waals surface area contributed by atoms with E-state index >= 15 is 0 Å². The summed E-state index contributed by atoms with van der Waals surface area (Å²) in [6.07, 6.45) is 6.11. The Bertz CT molecular complexity index is 230. The number of rotatable bonds is 7. The third-order valence-electron chi connectivity index (χ3n) is 2.42. The average molecular weight is 427 g/mol. The summed E-state index contributed by atoms with van der Waals surface area (Å²) in [6.45, 7) is 7.19. The Morgan fingerprint density at radius 3 is 1.17 bits per heavy atom. The van der Waals surface area contributed by atoms with E-state index < -0.39 is 9.85 Å². The standard InChI is InChI=1S/C5H6FSi.3C4H10O.Zr/c6-7-5-3-1-2-4-5;3*1-2-3-4-5;/h1-4H,7H2;3*5H,2-4H2,1H3;/q-1;;;;. The van der Waals surface area contributed by atoms with Crippen LogP contribution >= 0.6 is 0 Å². The Hall–Kier alpha value is 0.260. The average Bonchev–Trinajstić information content (AvgIpc) is 3.05. The molecular formula is C17H36FO3SiZr-. The molecule has 0 spiro atoms. The summed E-state index contributed by atoms with van der Waals surface area (Å²) in [5.41, 5.74) is 0. The van der Waals surface area contributed by atoms with Gasteiger partial charge in [0.25, 0.3) is 0 Å². The summed E-state index contributed by atoms with van der Waals surface area (Å²) in [5, 5.41) is 25.1. The van der Waals surface area contributed by atoms with Crippen LogP contribution in [0.1, 0.15) is 59.3 Å². The van der Waals surface area contributed by atoms with Crippen LogP contribution in [0.3, 0.4) is 0 Å². The maximum absolute atomic E-state index is 11.7. The van der Waals surface area contributed by atoms with Crippen molar-refractivity contribution in [3.8, 4) is 0 Å². The Kier molecular flexibility index (Phi) is 45.6. The number of unbranched alkanes of at least 4 members (excludes halogenated alkanes) is 3. The van der Waals surface area contributed by atoms with E-state index in [4.69, 9.17) is 15.3 Å². The van der Waals surface area contributed by atoms with Crippen molar-refractivity contribution in [2.24, 2.45) is 0 Å². The molecule has 3 nitrogen and oxygen atoms in total. The van der Waals surface area contributed by atoms with Crippen LogP contribution in [0.2, 0.25) is 0 Å². The maximum Gasteiger partial charge on any atom is 0.189 e. The van der Waals surface area contributed by atoms with Gasteiger partial charge in [0.1, 0.15) is 0 Å². The van der Waals surface area contributed by atoms with Crippen LogP contribution in [0.5, 0.6) is 0 Å². The Labute approximate surface area is 163 Å². The Morgan fingerprint density at radius 1 is 0.783 bits per heavy atom. The first-order valence-electron chi connectivity index (χ1n) is 8.27. The molecule has 23 heavy (non-hydrogen) atoms. The molecule has 0 amide bonds. The van der Waals surface area contributed by atoms with Crippen LogP contribution in [0, 0.1) is 0 Å². The third kappa shape index (κ3) is 39.2. The van der Waals surface area contributed by atoms with Gasteiger partial charge in [0.2, 0.25) is 0 Å². The summed E-state index contributed by atoms with van der Waals surface area (Å²) in [5.74, 6) is 0. The van der Waals surface area contributed by atoms with Gasteiger partial charge in [-0.15, -0.1) is 5.19 Å². The van der Waals surface area contributed by atoms with Gasteiger partial charge >= 0.3 is 0 Å². The number of aliphatic hydroxyl groups is 3. The van der Waals surface area contributed by atoms with Crippen molar-refractivity contribution < 1.29 is 45.6 Å². The van der Waals surface area contributed by atoms with Crippen molar-refractivity contribution in [3.63, 3.8) is 0 Å². The minimum Gasteiger partial charge on any atom is -0.396 e. The van der Waals surface area contributed by atoms with Gasteiger partial charge in [-0.05, 0) is 19.3 Å². The predicted molar refractivity (Wildman–Crippen MR) is 97.3 cm³/mol. The monoisotopic (exact) mass is 425 g/mol. The first-order valence-corrected chi connectivity index (χ1v) is 9.51.